The van der Waals surface area contributed by atoms with Gasteiger partial charge in [-0.15, -0.1) is 0 Å². The van der Waals surface area contributed by atoms with Crippen LogP contribution >= 0.6 is 15.9 Å². The molecule has 0 aromatic heterocycles. The molecule has 2 saturated heterocycles. The van der Waals surface area contributed by atoms with E-state index in [1.807, 2.05) is 0 Å². The predicted octanol–water partition coefficient (Wildman–Crippen LogP) is 4.08. The van der Waals surface area contributed by atoms with E-state index in [1.54, 1.807) is 0 Å². The van der Waals surface area contributed by atoms with E-state index in [9.17, 15) is 0 Å². The van der Waals surface area contributed by atoms with Crippen molar-refractivity contribution in [3.63, 3.8) is 0 Å². The van der Waals surface area contributed by atoms with E-state index < -0.39 is 0 Å². The first-order valence-corrected chi connectivity index (χ1v) is 8.84. The number of anilines is 1. The van der Waals surface area contributed by atoms with Crippen LogP contribution in [-0.2, 0) is 6.42 Å². The largest absolute Gasteiger partial charge is 0.370 e. The lowest BCUT2D eigenvalue weighted by Crippen LogP contribution is -2.44. The second kappa shape index (κ2) is 6.48. The molecule has 0 amide bonds. The van der Waals surface area contributed by atoms with Crippen molar-refractivity contribution in [3.05, 3.63) is 28.2 Å². The lowest BCUT2D eigenvalue weighted by molar-refractivity contribution is 0.162. The van der Waals surface area contributed by atoms with E-state index in [-0.39, 0.29) is 0 Å². The third-order valence-electron chi connectivity index (χ3n) is 4.82. The normalized spacial score (nSPS) is 24.3. The van der Waals surface area contributed by atoms with Crippen molar-refractivity contribution in [3.8, 4) is 0 Å². The van der Waals surface area contributed by atoms with Crippen LogP contribution in [0.15, 0.2) is 22.7 Å². The van der Waals surface area contributed by atoms with Crippen molar-refractivity contribution >= 4 is 21.6 Å². The van der Waals surface area contributed by atoms with Gasteiger partial charge in [0, 0.05) is 35.8 Å². The van der Waals surface area contributed by atoms with E-state index >= 15 is 0 Å². The van der Waals surface area contributed by atoms with Crippen LogP contribution in [0, 0.1) is 0 Å². The van der Waals surface area contributed by atoms with Crippen LogP contribution in [0.2, 0.25) is 0 Å². The van der Waals surface area contributed by atoms with E-state index in [1.165, 1.54) is 67.6 Å². The predicted molar refractivity (Wildman–Crippen MR) is 89.6 cm³/mol. The van der Waals surface area contributed by atoms with Gasteiger partial charge in [0.1, 0.15) is 0 Å². The van der Waals surface area contributed by atoms with Crippen LogP contribution in [0.25, 0.3) is 0 Å². The summed E-state index contributed by atoms with van der Waals surface area (Å²) in [5, 5.41) is 0. The lowest BCUT2D eigenvalue weighted by atomic mass is 10.0. The summed E-state index contributed by atoms with van der Waals surface area (Å²) < 4.78 is 1.20. The summed E-state index contributed by atoms with van der Waals surface area (Å²) in [5.74, 6) is 0. The second-order valence-electron chi connectivity index (χ2n) is 6.11. The van der Waals surface area contributed by atoms with Crippen LogP contribution in [-0.4, -0.2) is 37.1 Å². The standard InChI is InChI=1S/C17H25BrN2/c1-2-14-12-15(18)7-8-17(14)20-11-5-10-19-9-4-3-6-16(19)13-20/h7-8,12,16H,2-6,9-11,13H2,1H3. The minimum absolute atomic E-state index is 0.777. The first kappa shape index (κ1) is 14.4. The summed E-state index contributed by atoms with van der Waals surface area (Å²) in [6.07, 6.45) is 6.61. The zero-order valence-electron chi connectivity index (χ0n) is 12.4. The number of halogens is 1. The van der Waals surface area contributed by atoms with E-state index in [0.29, 0.717) is 0 Å². The lowest BCUT2D eigenvalue weighted by Gasteiger charge is -2.36. The first-order chi connectivity index (χ1) is 9.78. The molecule has 1 unspecified atom stereocenters. The molecule has 20 heavy (non-hydrogen) atoms. The highest BCUT2D eigenvalue weighted by Crippen LogP contribution is 2.29. The highest BCUT2D eigenvalue weighted by molar-refractivity contribution is 9.10. The third-order valence-corrected chi connectivity index (χ3v) is 5.31. The molecule has 2 fully saturated rings. The van der Waals surface area contributed by atoms with Crippen molar-refractivity contribution in [2.75, 3.05) is 31.1 Å². The van der Waals surface area contributed by atoms with Gasteiger partial charge in [0.2, 0.25) is 0 Å². The van der Waals surface area contributed by atoms with Gasteiger partial charge in [-0.05, 0) is 56.0 Å². The summed E-state index contributed by atoms with van der Waals surface area (Å²) >= 11 is 3.61. The number of nitrogens with zero attached hydrogens (tertiary/aromatic N) is 2. The minimum atomic E-state index is 0.777. The SMILES string of the molecule is CCc1cc(Br)ccc1N1CCCN2CCCCC2C1. The Bertz CT molecular complexity index is 460. The molecule has 2 heterocycles. The molecule has 1 atom stereocenters. The molecule has 1 aromatic rings. The minimum Gasteiger partial charge on any atom is -0.370 e. The van der Waals surface area contributed by atoms with Gasteiger partial charge in [0.25, 0.3) is 0 Å². The average Bonchev–Trinajstić information content (AvgIpc) is 2.69. The fourth-order valence-corrected chi connectivity index (χ4v) is 4.14. The molecule has 0 saturated carbocycles. The van der Waals surface area contributed by atoms with Crippen molar-refractivity contribution in [1.29, 1.82) is 0 Å². The van der Waals surface area contributed by atoms with Gasteiger partial charge in [-0.25, -0.2) is 0 Å². The number of aryl methyl sites for hydroxylation is 1. The highest BCUT2D eigenvalue weighted by Gasteiger charge is 2.27. The molecule has 0 radical (unpaired) electrons. The molecule has 2 aliphatic heterocycles. The van der Waals surface area contributed by atoms with Gasteiger partial charge in [-0.1, -0.05) is 29.3 Å². The molecule has 0 bridgehead atoms. The maximum absolute atomic E-state index is 3.61. The Morgan fingerprint density at radius 3 is 2.85 bits per heavy atom. The van der Waals surface area contributed by atoms with Crippen LogP contribution < -0.4 is 4.90 Å². The zero-order valence-corrected chi connectivity index (χ0v) is 14.0. The molecule has 3 rings (SSSR count). The fraction of sp³-hybridized carbons (Fsp3) is 0.647. The Labute approximate surface area is 131 Å². The second-order valence-corrected chi connectivity index (χ2v) is 7.03. The van der Waals surface area contributed by atoms with Crippen molar-refractivity contribution in [1.82, 2.24) is 4.90 Å². The van der Waals surface area contributed by atoms with Crippen molar-refractivity contribution < 1.29 is 0 Å². The number of piperidine rings is 1. The van der Waals surface area contributed by atoms with Gasteiger partial charge in [-0.3, -0.25) is 4.90 Å². The number of rotatable bonds is 2. The van der Waals surface area contributed by atoms with Crippen LogP contribution in [0.4, 0.5) is 5.69 Å². The molecule has 110 valence electrons. The fourth-order valence-electron chi connectivity index (χ4n) is 3.74. The van der Waals surface area contributed by atoms with E-state index in [0.717, 1.165) is 12.5 Å². The van der Waals surface area contributed by atoms with Gasteiger partial charge in [0.05, 0.1) is 0 Å². The summed E-state index contributed by atoms with van der Waals surface area (Å²) in [5.41, 5.74) is 2.94. The molecule has 2 aliphatic rings. The molecule has 0 N–H and O–H groups in total. The van der Waals surface area contributed by atoms with Crippen LogP contribution in [0.3, 0.4) is 0 Å². The quantitative estimate of drug-likeness (QED) is 0.802. The summed E-state index contributed by atoms with van der Waals surface area (Å²) in [4.78, 5) is 5.37. The van der Waals surface area contributed by atoms with Gasteiger partial charge >= 0.3 is 0 Å². The number of benzene rings is 1. The van der Waals surface area contributed by atoms with Crippen molar-refractivity contribution in [2.24, 2.45) is 0 Å². The number of fused-ring (bicyclic) bond motifs is 1. The Balaban J connectivity index is 1.82. The Kier molecular flexibility index (Phi) is 4.67. The van der Waals surface area contributed by atoms with Gasteiger partial charge in [-0.2, -0.15) is 0 Å². The number of hydrogen-bond donors (Lipinski definition) is 0. The Morgan fingerprint density at radius 1 is 1.15 bits per heavy atom. The monoisotopic (exact) mass is 336 g/mol. The molecule has 0 spiro atoms. The Hall–Kier alpha value is -0.540. The maximum Gasteiger partial charge on any atom is 0.0399 e. The molecular weight excluding hydrogens is 312 g/mol. The Morgan fingerprint density at radius 2 is 2.00 bits per heavy atom. The highest BCUT2D eigenvalue weighted by atomic mass is 79.9. The van der Waals surface area contributed by atoms with Crippen LogP contribution in [0.5, 0.6) is 0 Å². The van der Waals surface area contributed by atoms with Gasteiger partial charge < -0.3 is 4.90 Å². The topological polar surface area (TPSA) is 6.48 Å². The molecule has 0 aliphatic carbocycles. The van der Waals surface area contributed by atoms with Crippen LogP contribution in [0.1, 0.15) is 38.2 Å². The first-order valence-electron chi connectivity index (χ1n) is 8.05. The average molecular weight is 337 g/mol. The summed E-state index contributed by atoms with van der Waals surface area (Å²) in [6, 6.07) is 7.57. The molecule has 3 heteroatoms. The third kappa shape index (κ3) is 3.04. The molecule has 1 aromatic carbocycles. The van der Waals surface area contributed by atoms with Gasteiger partial charge in [0.15, 0.2) is 0 Å². The van der Waals surface area contributed by atoms with Crippen molar-refractivity contribution in [2.45, 2.75) is 45.1 Å². The maximum atomic E-state index is 3.61. The molecule has 2 nitrogen and oxygen atoms in total. The summed E-state index contributed by atoms with van der Waals surface area (Å²) in [7, 11) is 0. The van der Waals surface area contributed by atoms with E-state index in [4.69, 9.17) is 0 Å². The zero-order chi connectivity index (χ0) is 13.9. The smallest absolute Gasteiger partial charge is 0.0399 e. The van der Waals surface area contributed by atoms with E-state index in [2.05, 4.69) is 50.9 Å². The molecular formula is C17H25BrN2. The summed E-state index contributed by atoms with van der Waals surface area (Å²) in [6.45, 7) is 7.30. The number of hydrogen-bond acceptors (Lipinski definition) is 2.